The fourth-order valence-electron chi connectivity index (χ4n) is 2.04. The van der Waals surface area contributed by atoms with Crippen molar-refractivity contribution in [1.29, 1.82) is 0 Å². The van der Waals surface area contributed by atoms with Crippen LogP contribution in [0.25, 0.3) is 10.5 Å². The van der Waals surface area contributed by atoms with Gasteiger partial charge in [0.2, 0.25) is 0 Å². The van der Waals surface area contributed by atoms with Crippen LogP contribution in [0, 0.1) is 0 Å². The van der Waals surface area contributed by atoms with Gasteiger partial charge in [0, 0.05) is 6.42 Å². The molecule has 0 aliphatic heterocycles. The molecule has 0 nitrogen and oxygen atoms in total. The van der Waals surface area contributed by atoms with Gasteiger partial charge in [0.25, 0.3) is 0 Å². The number of fused-ring (bicyclic) bond motifs is 1. The topological polar surface area (TPSA) is 0 Å². The minimum Gasteiger partial charge on any atom is -0.128 e. The highest BCUT2D eigenvalue weighted by molar-refractivity contribution is 7.38. The third-order valence-corrected chi connectivity index (χ3v) is 4.19. The Morgan fingerprint density at radius 2 is 1.56 bits per heavy atom. The first-order valence-electron chi connectivity index (χ1n) is 5.52. The van der Waals surface area contributed by atoms with Gasteiger partial charge in [-0.25, -0.2) is 0 Å². The summed E-state index contributed by atoms with van der Waals surface area (Å²) in [6.45, 7) is 0. The monoisotopic (exact) mass is 224 g/mol. The number of hydrogen-bond acceptors (Lipinski definition) is 0. The van der Waals surface area contributed by atoms with Crippen molar-refractivity contribution >= 4 is 18.7 Å². The highest BCUT2D eigenvalue weighted by Gasteiger charge is 2.00. The van der Waals surface area contributed by atoms with Gasteiger partial charge in [-0.3, -0.25) is 0 Å². The summed E-state index contributed by atoms with van der Waals surface area (Å²) >= 11 is 0. The van der Waals surface area contributed by atoms with Crippen molar-refractivity contribution in [2.75, 3.05) is 0 Å². The van der Waals surface area contributed by atoms with E-state index in [-0.39, 0.29) is 0 Å². The van der Waals surface area contributed by atoms with Crippen LogP contribution in [0.2, 0.25) is 0 Å². The first kappa shape index (κ1) is 9.69. The molecule has 1 heterocycles. The lowest BCUT2D eigenvalue weighted by molar-refractivity contribution is 1.24. The summed E-state index contributed by atoms with van der Waals surface area (Å²) in [6.07, 6.45) is 1.09. The highest BCUT2D eigenvalue weighted by atomic mass is 31.0. The third kappa shape index (κ3) is 1.89. The second-order valence-corrected chi connectivity index (χ2v) is 5.48. The van der Waals surface area contributed by atoms with Gasteiger partial charge in [-0.05, 0) is 27.4 Å². The van der Waals surface area contributed by atoms with Crippen molar-refractivity contribution < 1.29 is 0 Å². The van der Waals surface area contributed by atoms with Crippen LogP contribution in [0.1, 0.15) is 10.9 Å². The average Bonchev–Trinajstić information content (AvgIpc) is 2.72. The van der Waals surface area contributed by atoms with Crippen LogP contribution in [0.4, 0.5) is 0 Å². The largest absolute Gasteiger partial charge is 0.128 e. The van der Waals surface area contributed by atoms with E-state index in [4.69, 9.17) is 0 Å². The molecule has 1 aromatic heterocycles. The zero-order valence-electron chi connectivity index (χ0n) is 8.98. The molecule has 0 radical (unpaired) electrons. The smallest absolute Gasteiger partial charge is 0.000976 e. The van der Waals surface area contributed by atoms with Gasteiger partial charge in [-0.1, -0.05) is 54.6 Å². The predicted octanol–water partition coefficient (Wildman–Crippen LogP) is 4.46. The van der Waals surface area contributed by atoms with Crippen molar-refractivity contribution in [3.05, 3.63) is 71.5 Å². The fourth-order valence-corrected chi connectivity index (χ4v) is 3.39. The van der Waals surface area contributed by atoms with Crippen LogP contribution < -0.4 is 0 Å². The molecule has 0 saturated carbocycles. The summed E-state index contributed by atoms with van der Waals surface area (Å²) in [7, 11) is 0.857. The van der Waals surface area contributed by atoms with Gasteiger partial charge in [-0.2, -0.15) is 0 Å². The Morgan fingerprint density at radius 3 is 2.38 bits per heavy atom. The van der Waals surface area contributed by atoms with E-state index in [0.717, 1.165) is 14.6 Å². The number of rotatable bonds is 2. The summed E-state index contributed by atoms with van der Waals surface area (Å²) < 4.78 is 0. The van der Waals surface area contributed by atoms with Crippen LogP contribution in [-0.4, -0.2) is 0 Å². The average molecular weight is 224 g/mol. The van der Waals surface area contributed by atoms with Gasteiger partial charge < -0.3 is 0 Å². The van der Waals surface area contributed by atoms with Crippen molar-refractivity contribution in [3.8, 4) is 0 Å². The van der Waals surface area contributed by atoms with Gasteiger partial charge in [0.15, 0.2) is 0 Å². The molecular weight excluding hydrogens is 211 g/mol. The Labute approximate surface area is 97.0 Å². The van der Waals surface area contributed by atoms with E-state index >= 15 is 0 Å². The van der Waals surface area contributed by atoms with Gasteiger partial charge in [0.1, 0.15) is 0 Å². The van der Waals surface area contributed by atoms with E-state index in [2.05, 4.69) is 60.7 Å². The molecule has 16 heavy (non-hydrogen) atoms. The first-order chi connectivity index (χ1) is 7.92. The molecule has 0 saturated heterocycles. The highest BCUT2D eigenvalue weighted by Crippen LogP contribution is 2.31. The van der Waals surface area contributed by atoms with E-state index in [1.54, 1.807) is 5.30 Å². The van der Waals surface area contributed by atoms with E-state index in [1.165, 1.54) is 16.1 Å². The quantitative estimate of drug-likeness (QED) is 0.602. The van der Waals surface area contributed by atoms with Crippen molar-refractivity contribution in [1.82, 2.24) is 0 Å². The molecule has 0 amide bonds. The number of benzene rings is 2. The van der Waals surface area contributed by atoms with Gasteiger partial charge in [-0.15, -0.1) is 8.19 Å². The van der Waals surface area contributed by atoms with Crippen molar-refractivity contribution in [3.63, 3.8) is 0 Å². The minimum absolute atomic E-state index is 0.857. The first-order valence-corrected chi connectivity index (χ1v) is 6.52. The molecule has 0 fully saturated rings. The fraction of sp³-hybridized carbons (Fsp3) is 0.0667. The normalized spacial score (nSPS) is 11.2. The summed E-state index contributed by atoms with van der Waals surface area (Å²) in [5, 5.41) is 4.45. The molecule has 3 rings (SSSR count). The van der Waals surface area contributed by atoms with Crippen molar-refractivity contribution in [2.45, 2.75) is 6.42 Å². The van der Waals surface area contributed by atoms with Gasteiger partial charge in [0.05, 0.1) is 0 Å². The maximum Gasteiger partial charge on any atom is 0.000976 e. The Bertz CT molecular complexity index is 560. The lowest BCUT2D eigenvalue weighted by Crippen LogP contribution is -1.81. The molecule has 78 valence electrons. The van der Waals surface area contributed by atoms with Crippen molar-refractivity contribution in [2.24, 2.45) is 0 Å². The summed E-state index contributed by atoms with van der Waals surface area (Å²) in [6, 6.07) is 21.7. The zero-order valence-corrected chi connectivity index (χ0v) is 9.98. The molecule has 1 unspecified atom stereocenters. The SMILES string of the molecule is c1ccc(Cc2cc3ccccc3[pH]2)cc1. The van der Waals surface area contributed by atoms with E-state index in [0.29, 0.717) is 0 Å². The molecule has 3 aromatic rings. The molecule has 1 atom stereocenters. The third-order valence-electron chi connectivity index (χ3n) is 2.82. The van der Waals surface area contributed by atoms with Gasteiger partial charge >= 0.3 is 0 Å². The Hall–Kier alpha value is -1.52. The van der Waals surface area contributed by atoms with Crippen LogP contribution in [0.5, 0.6) is 0 Å². The lowest BCUT2D eigenvalue weighted by Gasteiger charge is -1.97. The summed E-state index contributed by atoms with van der Waals surface area (Å²) in [5.41, 5.74) is 1.41. The second kappa shape index (κ2) is 4.15. The maximum absolute atomic E-state index is 2.35. The summed E-state index contributed by atoms with van der Waals surface area (Å²) in [5.74, 6) is 0. The molecule has 0 N–H and O–H groups in total. The van der Waals surface area contributed by atoms with Crippen LogP contribution in [-0.2, 0) is 6.42 Å². The molecule has 0 spiro atoms. The van der Waals surface area contributed by atoms with E-state index in [9.17, 15) is 0 Å². The molecule has 1 heteroatoms. The van der Waals surface area contributed by atoms with E-state index < -0.39 is 0 Å². The molecule has 0 aliphatic carbocycles. The molecule has 2 aromatic carbocycles. The second-order valence-electron chi connectivity index (χ2n) is 4.04. The Balaban J connectivity index is 1.95. The molecule has 0 aliphatic rings. The lowest BCUT2D eigenvalue weighted by atomic mass is 10.1. The van der Waals surface area contributed by atoms with Crippen LogP contribution in [0.3, 0.4) is 0 Å². The minimum atomic E-state index is 0.857. The summed E-state index contributed by atoms with van der Waals surface area (Å²) in [4.78, 5) is 0. The Morgan fingerprint density at radius 1 is 0.812 bits per heavy atom. The molecular formula is C15H13P. The molecule has 0 bridgehead atoms. The number of hydrogen-bond donors (Lipinski definition) is 0. The van der Waals surface area contributed by atoms with Crippen LogP contribution >= 0.6 is 8.19 Å². The van der Waals surface area contributed by atoms with Crippen LogP contribution in [0.15, 0.2) is 60.7 Å². The predicted molar refractivity (Wildman–Crippen MR) is 72.7 cm³/mol. The standard InChI is InChI=1S/C15H13P/c1-2-6-12(7-3-1)10-14-11-13-8-4-5-9-15(13)16-14/h1-9,11,16H,10H2. The Kier molecular flexibility index (Phi) is 2.52. The maximum atomic E-state index is 2.35. The van der Waals surface area contributed by atoms with E-state index in [1.807, 2.05) is 0 Å². The zero-order chi connectivity index (χ0) is 10.8.